The zero-order valence-corrected chi connectivity index (χ0v) is 14.4. The van der Waals surface area contributed by atoms with Crippen LogP contribution in [0.3, 0.4) is 0 Å². The molecule has 2 aromatic carbocycles. The number of hydrogen-bond donors (Lipinski definition) is 2. The Balaban J connectivity index is 1.96. The van der Waals surface area contributed by atoms with E-state index in [0.29, 0.717) is 6.42 Å². The minimum atomic E-state index is -0.107. The van der Waals surface area contributed by atoms with E-state index in [0.717, 1.165) is 23.2 Å². The molecule has 0 unspecified atom stereocenters. The molecular weight excluding hydrogens is 300 g/mol. The van der Waals surface area contributed by atoms with Gasteiger partial charge in [-0.1, -0.05) is 48.9 Å². The summed E-state index contributed by atoms with van der Waals surface area (Å²) in [7, 11) is 0. The summed E-state index contributed by atoms with van der Waals surface area (Å²) in [6, 6.07) is 15.6. The van der Waals surface area contributed by atoms with Gasteiger partial charge in [0.2, 0.25) is 11.8 Å². The van der Waals surface area contributed by atoms with Gasteiger partial charge >= 0.3 is 0 Å². The SMILES string of the molecule is CC[C@@H](NC(=O)Cc1ccc(NC(C)=O)cc1)c1ccc(C)cc1. The van der Waals surface area contributed by atoms with Gasteiger partial charge in [0.1, 0.15) is 0 Å². The van der Waals surface area contributed by atoms with E-state index in [1.165, 1.54) is 12.5 Å². The topological polar surface area (TPSA) is 58.2 Å². The van der Waals surface area contributed by atoms with Gasteiger partial charge in [-0.3, -0.25) is 9.59 Å². The molecule has 0 aromatic heterocycles. The first-order valence-corrected chi connectivity index (χ1v) is 8.20. The maximum atomic E-state index is 12.3. The molecule has 1 atom stereocenters. The highest BCUT2D eigenvalue weighted by atomic mass is 16.2. The van der Waals surface area contributed by atoms with Gasteiger partial charge in [-0.25, -0.2) is 0 Å². The first kappa shape index (κ1) is 17.7. The monoisotopic (exact) mass is 324 g/mol. The van der Waals surface area contributed by atoms with Crippen molar-refractivity contribution in [1.82, 2.24) is 5.32 Å². The van der Waals surface area contributed by atoms with Crippen LogP contribution in [0.1, 0.15) is 43.0 Å². The zero-order chi connectivity index (χ0) is 17.5. The number of nitrogens with one attached hydrogen (secondary N) is 2. The first-order valence-electron chi connectivity index (χ1n) is 8.20. The van der Waals surface area contributed by atoms with E-state index in [4.69, 9.17) is 0 Å². The Morgan fingerprint density at radius 2 is 1.62 bits per heavy atom. The molecule has 126 valence electrons. The standard InChI is InChI=1S/C20H24N2O2/c1-4-19(17-9-5-14(2)6-10-17)22-20(24)13-16-7-11-18(12-8-16)21-15(3)23/h5-12,19H,4,13H2,1-3H3,(H,21,23)(H,22,24)/t19-/m1/s1. The number of carbonyl (C=O) groups is 2. The highest BCUT2D eigenvalue weighted by molar-refractivity contribution is 5.88. The summed E-state index contributed by atoms with van der Waals surface area (Å²) in [6.07, 6.45) is 1.17. The fourth-order valence-electron chi connectivity index (χ4n) is 2.56. The van der Waals surface area contributed by atoms with Crippen molar-refractivity contribution in [3.05, 3.63) is 65.2 Å². The molecule has 0 saturated heterocycles. The summed E-state index contributed by atoms with van der Waals surface area (Å²) in [5, 5.41) is 5.80. The Bertz CT molecular complexity index is 691. The lowest BCUT2D eigenvalue weighted by molar-refractivity contribution is -0.121. The minimum absolute atomic E-state index is 0.00491. The predicted octanol–water partition coefficient (Wildman–Crippen LogP) is 3.76. The molecule has 0 spiro atoms. The van der Waals surface area contributed by atoms with Crippen LogP contribution in [-0.2, 0) is 16.0 Å². The molecule has 0 aliphatic carbocycles. The number of amides is 2. The van der Waals surface area contributed by atoms with E-state index < -0.39 is 0 Å². The molecule has 0 saturated carbocycles. The van der Waals surface area contributed by atoms with Gasteiger partial charge in [0, 0.05) is 12.6 Å². The average Bonchev–Trinajstić information content (AvgIpc) is 2.55. The second kappa shape index (κ2) is 8.29. The van der Waals surface area contributed by atoms with Crippen LogP contribution in [0.25, 0.3) is 0 Å². The Hall–Kier alpha value is -2.62. The number of carbonyl (C=O) groups excluding carboxylic acids is 2. The molecule has 0 heterocycles. The normalized spacial score (nSPS) is 11.6. The largest absolute Gasteiger partial charge is 0.349 e. The molecule has 24 heavy (non-hydrogen) atoms. The van der Waals surface area contributed by atoms with Crippen LogP contribution in [0.2, 0.25) is 0 Å². The highest BCUT2D eigenvalue weighted by Gasteiger charge is 2.13. The number of aryl methyl sites for hydroxylation is 1. The number of anilines is 1. The van der Waals surface area contributed by atoms with E-state index in [2.05, 4.69) is 41.8 Å². The van der Waals surface area contributed by atoms with Crippen LogP contribution in [-0.4, -0.2) is 11.8 Å². The molecule has 2 rings (SSSR count). The third kappa shape index (κ3) is 5.23. The van der Waals surface area contributed by atoms with Gasteiger partial charge < -0.3 is 10.6 Å². The Morgan fingerprint density at radius 3 is 2.17 bits per heavy atom. The van der Waals surface area contributed by atoms with Gasteiger partial charge in [-0.2, -0.15) is 0 Å². The molecule has 4 nitrogen and oxygen atoms in total. The summed E-state index contributed by atoms with van der Waals surface area (Å²) in [5.74, 6) is -0.112. The summed E-state index contributed by atoms with van der Waals surface area (Å²) in [6.45, 7) is 5.58. The summed E-state index contributed by atoms with van der Waals surface area (Å²) >= 11 is 0. The van der Waals surface area contributed by atoms with Crippen LogP contribution in [0.5, 0.6) is 0 Å². The van der Waals surface area contributed by atoms with E-state index in [-0.39, 0.29) is 17.9 Å². The molecular formula is C20H24N2O2. The van der Waals surface area contributed by atoms with Crippen molar-refractivity contribution < 1.29 is 9.59 Å². The predicted molar refractivity (Wildman–Crippen MR) is 96.8 cm³/mol. The van der Waals surface area contributed by atoms with Crippen molar-refractivity contribution in [2.75, 3.05) is 5.32 Å². The summed E-state index contributed by atoms with van der Waals surface area (Å²) in [5.41, 5.74) is 3.98. The average molecular weight is 324 g/mol. The molecule has 0 radical (unpaired) electrons. The Kier molecular flexibility index (Phi) is 6.13. The molecule has 2 aromatic rings. The van der Waals surface area contributed by atoms with E-state index in [1.54, 1.807) is 12.1 Å². The molecule has 0 aliphatic heterocycles. The van der Waals surface area contributed by atoms with Gasteiger partial charge in [-0.05, 0) is 36.6 Å². The van der Waals surface area contributed by atoms with E-state index >= 15 is 0 Å². The van der Waals surface area contributed by atoms with Crippen LogP contribution in [0.4, 0.5) is 5.69 Å². The second-order valence-electron chi connectivity index (χ2n) is 5.99. The Labute approximate surface area is 143 Å². The van der Waals surface area contributed by atoms with Crippen molar-refractivity contribution in [3.63, 3.8) is 0 Å². The van der Waals surface area contributed by atoms with Gasteiger partial charge in [-0.15, -0.1) is 0 Å². The number of benzene rings is 2. The molecule has 2 N–H and O–H groups in total. The van der Waals surface area contributed by atoms with Gasteiger partial charge in [0.15, 0.2) is 0 Å². The number of rotatable bonds is 6. The van der Waals surface area contributed by atoms with Crippen molar-refractivity contribution >= 4 is 17.5 Å². The lowest BCUT2D eigenvalue weighted by Crippen LogP contribution is -2.29. The lowest BCUT2D eigenvalue weighted by atomic mass is 10.0. The first-order chi connectivity index (χ1) is 11.5. The lowest BCUT2D eigenvalue weighted by Gasteiger charge is -2.18. The maximum absolute atomic E-state index is 12.3. The molecule has 0 aliphatic rings. The smallest absolute Gasteiger partial charge is 0.224 e. The van der Waals surface area contributed by atoms with Crippen LogP contribution in [0, 0.1) is 6.92 Å². The van der Waals surface area contributed by atoms with Crippen molar-refractivity contribution in [1.29, 1.82) is 0 Å². The molecule has 4 heteroatoms. The summed E-state index contributed by atoms with van der Waals surface area (Å²) in [4.78, 5) is 23.3. The van der Waals surface area contributed by atoms with Crippen LogP contribution in [0.15, 0.2) is 48.5 Å². The van der Waals surface area contributed by atoms with Crippen LogP contribution >= 0.6 is 0 Å². The zero-order valence-electron chi connectivity index (χ0n) is 14.4. The molecule has 0 bridgehead atoms. The van der Waals surface area contributed by atoms with Gasteiger partial charge in [0.25, 0.3) is 0 Å². The maximum Gasteiger partial charge on any atom is 0.224 e. The van der Waals surface area contributed by atoms with Crippen molar-refractivity contribution in [3.8, 4) is 0 Å². The van der Waals surface area contributed by atoms with Crippen molar-refractivity contribution in [2.24, 2.45) is 0 Å². The molecule has 2 amide bonds. The fraction of sp³-hybridized carbons (Fsp3) is 0.300. The van der Waals surface area contributed by atoms with Gasteiger partial charge in [0.05, 0.1) is 12.5 Å². The number of hydrogen-bond acceptors (Lipinski definition) is 2. The third-order valence-electron chi connectivity index (χ3n) is 3.86. The van der Waals surface area contributed by atoms with E-state index in [9.17, 15) is 9.59 Å². The van der Waals surface area contributed by atoms with Crippen molar-refractivity contribution in [2.45, 2.75) is 39.7 Å². The fourth-order valence-corrected chi connectivity index (χ4v) is 2.56. The quantitative estimate of drug-likeness (QED) is 0.850. The minimum Gasteiger partial charge on any atom is -0.349 e. The summed E-state index contributed by atoms with van der Waals surface area (Å²) < 4.78 is 0. The second-order valence-corrected chi connectivity index (χ2v) is 5.99. The Morgan fingerprint density at radius 1 is 1.00 bits per heavy atom. The highest BCUT2D eigenvalue weighted by Crippen LogP contribution is 2.17. The molecule has 0 fully saturated rings. The third-order valence-corrected chi connectivity index (χ3v) is 3.86. The van der Waals surface area contributed by atoms with Crippen LogP contribution < -0.4 is 10.6 Å². The van der Waals surface area contributed by atoms with E-state index in [1.807, 2.05) is 19.1 Å².